The third kappa shape index (κ3) is 2.68. The molecule has 1 aromatic rings. The van der Waals surface area contributed by atoms with Crippen molar-refractivity contribution in [2.75, 3.05) is 0 Å². The van der Waals surface area contributed by atoms with Crippen molar-refractivity contribution in [1.29, 1.82) is 5.26 Å². The summed E-state index contributed by atoms with van der Waals surface area (Å²) in [6.45, 7) is -0.590. The number of halogens is 5. The summed E-state index contributed by atoms with van der Waals surface area (Å²) in [5.74, 6) is 0. The quantitative estimate of drug-likeness (QED) is 0.820. The van der Waals surface area contributed by atoms with Crippen LogP contribution in [0.15, 0.2) is 6.07 Å². The van der Waals surface area contributed by atoms with Gasteiger partial charge in [0, 0.05) is 6.54 Å². The maximum Gasteiger partial charge on any atom is 0.418 e. The van der Waals surface area contributed by atoms with Gasteiger partial charge in [0.1, 0.15) is 11.8 Å². The molecule has 1 rings (SSSR count). The minimum Gasteiger partial charge on any atom is -0.325 e. The predicted molar refractivity (Wildman–Crippen MR) is 46.8 cm³/mol. The Labute approximate surface area is 92.7 Å². The van der Waals surface area contributed by atoms with Crippen LogP contribution in [0.1, 0.15) is 28.9 Å². The molecule has 17 heavy (non-hydrogen) atoms. The van der Waals surface area contributed by atoms with Gasteiger partial charge in [-0.3, -0.25) is 0 Å². The first kappa shape index (κ1) is 13.3. The van der Waals surface area contributed by atoms with Crippen LogP contribution in [0.25, 0.3) is 0 Å². The SMILES string of the molecule is N#Cc1nc(CN)c(C(F)(F)F)cc1C(F)F. The van der Waals surface area contributed by atoms with Crippen LogP contribution >= 0.6 is 0 Å². The number of rotatable bonds is 2. The molecule has 0 fully saturated rings. The van der Waals surface area contributed by atoms with Crippen molar-refractivity contribution in [3.8, 4) is 6.07 Å². The average Bonchev–Trinajstić information content (AvgIpc) is 2.25. The van der Waals surface area contributed by atoms with Gasteiger partial charge in [0.05, 0.1) is 16.8 Å². The molecular weight excluding hydrogens is 245 g/mol. The highest BCUT2D eigenvalue weighted by molar-refractivity contribution is 5.39. The fourth-order valence-corrected chi connectivity index (χ4v) is 1.22. The summed E-state index contributed by atoms with van der Waals surface area (Å²) in [6.07, 6.45) is -8.04. The molecule has 0 spiro atoms. The normalized spacial score (nSPS) is 11.6. The van der Waals surface area contributed by atoms with Crippen molar-refractivity contribution in [1.82, 2.24) is 4.98 Å². The minimum absolute atomic E-state index is 0.221. The molecule has 0 atom stereocenters. The van der Waals surface area contributed by atoms with Crippen molar-refractivity contribution >= 4 is 0 Å². The molecule has 0 saturated heterocycles. The number of aromatic nitrogens is 1. The van der Waals surface area contributed by atoms with E-state index in [1.54, 1.807) is 0 Å². The lowest BCUT2D eigenvalue weighted by atomic mass is 10.1. The van der Waals surface area contributed by atoms with Crippen molar-refractivity contribution in [3.63, 3.8) is 0 Å². The summed E-state index contributed by atoms with van der Waals surface area (Å²) in [5, 5.41) is 8.51. The van der Waals surface area contributed by atoms with Crippen LogP contribution in [0.5, 0.6) is 0 Å². The topological polar surface area (TPSA) is 62.7 Å². The summed E-state index contributed by atoms with van der Waals surface area (Å²) in [6, 6.07) is 1.54. The second-order valence-corrected chi connectivity index (χ2v) is 3.03. The monoisotopic (exact) mass is 251 g/mol. The molecule has 1 heterocycles. The van der Waals surface area contributed by atoms with Crippen LogP contribution in [0.3, 0.4) is 0 Å². The van der Waals surface area contributed by atoms with Crippen LogP contribution in [0, 0.1) is 11.3 Å². The number of hydrogen-bond acceptors (Lipinski definition) is 3. The molecule has 0 aromatic carbocycles. The lowest BCUT2D eigenvalue weighted by Crippen LogP contribution is -2.16. The molecule has 0 bridgehead atoms. The van der Waals surface area contributed by atoms with Gasteiger partial charge >= 0.3 is 6.18 Å². The summed E-state index contributed by atoms with van der Waals surface area (Å²) < 4.78 is 62.3. The van der Waals surface area contributed by atoms with Gasteiger partial charge in [0.15, 0.2) is 0 Å². The molecule has 1 aromatic heterocycles. The zero-order valence-electron chi connectivity index (χ0n) is 8.22. The van der Waals surface area contributed by atoms with Gasteiger partial charge in [-0.25, -0.2) is 13.8 Å². The lowest BCUT2D eigenvalue weighted by molar-refractivity contribution is -0.138. The highest BCUT2D eigenvalue weighted by Crippen LogP contribution is 2.34. The standard InChI is InChI=1S/C9H6F5N3/c10-8(11)4-1-5(9(12,13)14)7(3-16)17-6(4)2-15/h1,8H,3,16H2. The second-order valence-electron chi connectivity index (χ2n) is 3.03. The summed E-state index contributed by atoms with van der Waals surface area (Å²) >= 11 is 0. The number of hydrogen-bond donors (Lipinski definition) is 1. The van der Waals surface area contributed by atoms with E-state index in [0.717, 1.165) is 0 Å². The summed E-state index contributed by atoms with van der Waals surface area (Å²) in [5.41, 5.74) is 1.29. The van der Waals surface area contributed by atoms with Crippen LogP contribution in [0.2, 0.25) is 0 Å². The number of alkyl halides is 5. The molecule has 2 N–H and O–H groups in total. The number of pyridine rings is 1. The number of nitrogens with zero attached hydrogens (tertiary/aromatic N) is 2. The molecule has 0 radical (unpaired) electrons. The van der Waals surface area contributed by atoms with Gasteiger partial charge < -0.3 is 5.73 Å². The Morgan fingerprint density at radius 2 is 2.00 bits per heavy atom. The van der Waals surface area contributed by atoms with E-state index in [4.69, 9.17) is 11.0 Å². The van der Waals surface area contributed by atoms with Crippen LogP contribution in [-0.4, -0.2) is 4.98 Å². The predicted octanol–water partition coefficient (Wildman–Crippen LogP) is 2.37. The Bertz CT molecular complexity index is 461. The van der Waals surface area contributed by atoms with E-state index in [1.165, 1.54) is 6.07 Å². The van der Waals surface area contributed by atoms with E-state index in [2.05, 4.69) is 4.98 Å². The van der Waals surface area contributed by atoms with E-state index in [1.807, 2.05) is 0 Å². The smallest absolute Gasteiger partial charge is 0.325 e. The average molecular weight is 251 g/mol. The summed E-state index contributed by atoms with van der Waals surface area (Å²) in [7, 11) is 0. The first-order chi connectivity index (χ1) is 7.81. The Hall–Kier alpha value is -1.75. The Morgan fingerprint density at radius 1 is 1.41 bits per heavy atom. The Morgan fingerprint density at radius 3 is 2.35 bits per heavy atom. The summed E-state index contributed by atoms with van der Waals surface area (Å²) in [4.78, 5) is 3.21. The van der Waals surface area contributed by atoms with Crippen LogP contribution in [-0.2, 0) is 12.7 Å². The molecule has 8 heteroatoms. The van der Waals surface area contributed by atoms with Crippen molar-refractivity contribution in [2.24, 2.45) is 5.73 Å². The Balaban J connectivity index is 3.52. The zero-order chi connectivity index (χ0) is 13.2. The number of nitrogens with two attached hydrogens (primary N) is 1. The highest BCUT2D eigenvalue weighted by Gasteiger charge is 2.35. The van der Waals surface area contributed by atoms with E-state index in [-0.39, 0.29) is 6.07 Å². The highest BCUT2D eigenvalue weighted by atomic mass is 19.4. The van der Waals surface area contributed by atoms with Crippen LogP contribution in [0.4, 0.5) is 22.0 Å². The van der Waals surface area contributed by atoms with Crippen molar-refractivity contribution in [2.45, 2.75) is 19.1 Å². The van der Waals surface area contributed by atoms with Gasteiger partial charge in [-0.15, -0.1) is 0 Å². The fourth-order valence-electron chi connectivity index (χ4n) is 1.22. The molecule has 0 aliphatic heterocycles. The fraction of sp³-hybridized carbons (Fsp3) is 0.333. The molecule has 0 saturated carbocycles. The molecule has 0 amide bonds. The van der Waals surface area contributed by atoms with E-state index < -0.39 is 41.7 Å². The number of nitriles is 1. The van der Waals surface area contributed by atoms with Crippen LogP contribution < -0.4 is 5.73 Å². The molecule has 0 aliphatic carbocycles. The molecule has 0 aliphatic rings. The first-order valence-electron chi connectivity index (χ1n) is 4.30. The van der Waals surface area contributed by atoms with Gasteiger partial charge in [0.25, 0.3) is 6.43 Å². The third-order valence-electron chi connectivity index (χ3n) is 1.97. The molecule has 0 unspecified atom stereocenters. The van der Waals surface area contributed by atoms with E-state index in [9.17, 15) is 22.0 Å². The molecule has 3 nitrogen and oxygen atoms in total. The van der Waals surface area contributed by atoms with Gasteiger partial charge in [-0.2, -0.15) is 18.4 Å². The molecule has 92 valence electrons. The lowest BCUT2D eigenvalue weighted by Gasteiger charge is -2.13. The second kappa shape index (κ2) is 4.63. The third-order valence-corrected chi connectivity index (χ3v) is 1.97. The van der Waals surface area contributed by atoms with Gasteiger partial charge in [-0.05, 0) is 6.07 Å². The van der Waals surface area contributed by atoms with E-state index >= 15 is 0 Å². The molecular formula is C9H6F5N3. The van der Waals surface area contributed by atoms with Crippen molar-refractivity contribution in [3.05, 3.63) is 28.6 Å². The van der Waals surface area contributed by atoms with Gasteiger partial charge in [0.2, 0.25) is 0 Å². The largest absolute Gasteiger partial charge is 0.418 e. The first-order valence-corrected chi connectivity index (χ1v) is 4.30. The maximum absolute atomic E-state index is 12.5. The van der Waals surface area contributed by atoms with Gasteiger partial charge in [-0.1, -0.05) is 0 Å². The Kier molecular flexibility index (Phi) is 3.63. The minimum atomic E-state index is -4.83. The van der Waals surface area contributed by atoms with Crippen molar-refractivity contribution < 1.29 is 22.0 Å². The maximum atomic E-state index is 12.5. The zero-order valence-corrected chi connectivity index (χ0v) is 8.22. The van der Waals surface area contributed by atoms with E-state index in [0.29, 0.717) is 0 Å².